The number of hydrogen-bond acceptors (Lipinski definition) is 3. The van der Waals surface area contributed by atoms with Crippen molar-refractivity contribution in [3.05, 3.63) is 22.4 Å². The number of ketones is 1. The summed E-state index contributed by atoms with van der Waals surface area (Å²) >= 11 is 1.48. The molecule has 3 heteroatoms. The number of rotatable bonds is 5. The summed E-state index contributed by atoms with van der Waals surface area (Å²) in [5.74, 6) is 0.177. The van der Waals surface area contributed by atoms with E-state index in [4.69, 9.17) is 4.74 Å². The Morgan fingerprint density at radius 2 is 2.38 bits per heavy atom. The van der Waals surface area contributed by atoms with Crippen LogP contribution in [-0.2, 0) is 4.74 Å². The van der Waals surface area contributed by atoms with Crippen molar-refractivity contribution in [3.63, 3.8) is 0 Å². The van der Waals surface area contributed by atoms with E-state index in [2.05, 4.69) is 0 Å². The molecule has 1 heterocycles. The first kappa shape index (κ1) is 10.4. The smallest absolute Gasteiger partial charge is 0.175 e. The van der Waals surface area contributed by atoms with E-state index in [1.165, 1.54) is 11.3 Å². The molecule has 0 aliphatic heterocycles. The quantitative estimate of drug-likeness (QED) is 0.680. The second kappa shape index (κ2) is 5.14. The first-order chi connectivity index (χ1) is 6.20. The Kier molecular flexibility index (Phi) is 4.12. The van der Waals surface area contributed by atoms with Gasteiger partial charge in [0.2, 0.25) is 0 Å². The van der Waals surface area contributed by atoms with Gasteiger partial charge in [-0.2, -0.15) is 0 Å². The van der Waals surface area contributed by atoms with E-state index in [0.29, 0.717) is 13.0 Å². The molecule has 0 atom stereocenters. The predicted octanol–water partition coefficient (Wildman–Crippen LogP) is 2.75. The van der Waals surface area contributed by atoms with Crippen molar-refractivity contribution in [1.82, 2.24) is 0 Å². The second-order valence-electron chi connectivity index (χ2n) is 3.07. The van der Waals surface area contributed by atoms with Crippen LogP contribution >= 0.6 is 11.3 Å². The maximum Gasteiger partial charge on any atom is 0.175 e. The Morgan fingerprint density at radius 3 is 2.92 bits per heavy atom. The molecular formula is C10H14O2S. The number of carbonyl (C=O) groups excluding carboxylic acids is 1. The first-order valence-corrected chi connectivity index (χ1v) is 5.26. The minimum absolute atomic E-state index is 0.177. The topological polar surface area (TPSA) is 26.3 Å². The fraction of sp³-hybridized carbons (Fsp3) is 0.500. The molecule has 1 rings (SSSR count). The molecule has 0 aliphatic carbocycles. The first-order valence-electron chi connectivity index (χ1n) is 4.38. The van der Waals surface area contributed by atoms with Gasteiger partial charge in [-0.25, -0.2) is 0 Å². The molecule has 1 aromatic heterocycles. The number of hydrogen-bond donors (Lipinski definition) is 0. The van der Waals surface area contributed by atoms with Crippen molar-refractivity contribution < 1.29 is 9.53 Å². The van der Waals surface area contributed by atoms with Gasteiger partial charge < -0.3 is 4.74 Å². The van der Waals surface area contributed by atoms with E-state index >= 15 is 0 Å². The molecule has 0 saturated heterocycles. The molecule has 0 aromatic carbocycles. The third-order valence-corrected chi connectivity index (χ3v) is 2.49. The maximum absolute atomic E-state index is 11.4. The van der Waals surface area contributed by atoms with Crippen molar-refractivity contribution in [2.24, 2.45) is 0 Å². The fourth-order valence-electron chi connectivity index (χ4n) is 0.948. The van der Waals surface area contributed by atoms with Crippen molar-refractivity contribution >= 4 is 17.1 Å². The molecule has 72 valence electrons. The van der Waals surface area contributed by atoms with Crippen LogP contribution in [0.1, 0.15) is 29.9 Å². The second-order valence-corrected chi connectivity index (χ2v) is 4.02. The van der Waals surface area contributed by atoms with Gasteiger partial charge in [0.05, 0.1) is 17.6 Å². The molecule has 0 N–H and O–H groups in total. The summed E-state index contributed by atoms with van der Waals surface area (Å²) in [4.78, 5) is 12.2. The van der Waals surface area contributed by atoms with Crippen molar-refractivity contribution in [3.8, 4) is 0 Å². The number of thiophene rings is 1. The summed E-state index contributed by atoms with van der Waals surface area (Å²) in [6.45, 7) is 4.46. The van der Waals surface area contributed by atoms with Gasteiger partial charge in [0.1, 0.15) is 0 Å². The van der Waals surface area contributed by atoms with E-state index < -0.39 is 0 Å². The molecule has 0 spiro atoms. The van der Waals surface area contributed by atoms with Crippen LogP contribution in [0.15, 0.2) is 17.5 Å². The highest BCUT2D eigenvalue weighted by atomic mass is 32.1. The minimum atomic E-state index is 0.177. The lowest BCUT2D eigenvalue weighted by atomic mass is 10.2. The molecular weight excluding hydrogens is 184 g/mol. The average Bonchev–Trinajstić information content (AvgIpc) is 2.55. The number of Topliss-reactive ketones (excluding diaryl/α,β-unsaturated/α-hetero) is 1. The molecule has 0 bridgehead atoms. The number of ether oxygens (including phenoxy) is 1. The molecule has 0 fully saturated rings. The normalized spacial score (nSPS) is 10.7. The summed E-state index contributed by atoms with van der Waals surface area (Å²) in [5, 5.41) is 1.91. The minimum Gasteiger partial charge on any atom is -0.378 e. The molecule has 0 saturated carbocycles. The lowest BCUT2D eigenvalue weighted by Gasteiger charge is -2.05. The Morgan fingerprint density at radius 1 is 1.62 bits per heavy atom. The van der Waals surface area contributed by atoms with E-state index in [1.807, 2.05) is 31.4 Å². The SMILES string of the molecule is CC(C)OCCC(=O)c1cccs1. The molecule has 13 heavy (non-hydrogen) atoms. The van der Waals surface area contributed by atoms with Gasteiger partial charge in [-0.3, -0.25) is 4.79 Å². The predicted molar refractivity (Wildman–Crippen MR) is 54.4 cm³/mol. The Balaban J connectivity index is 2.27. The zero-order chi connectivity index (χ0) is 9.68. The zero-order valence-electron chi connectivity index (χ0n) is 7.95. The lowest BCUT2D eigenvalue weighted by molar-refractivity contribution is 0.0680. The van der Waals surface area contributed by atoms with Crippen molar-refractivity contribution in [2.75, 3.05) is 6.61 Å². The van der Waals surface area contributed by atoms with Gasteiger partial charge in [0.25, 0.3) is 0 Å². The third kappa shape index (κ3) is 3.70. The Bertz CT molecular complexity index is 252. The van der Waals surface area contributed by atoms with Crippen molar-refractivity contribution in [1.29, 1.82) is 0 Å². The van der Waals surface area contributed by atoms with Crippen LogP contribution in [0.4, 0.5) is 0 Å². The highest BCUT2D eigenvalue weighted by molar-refractivity contribution is 7.12. The summed E-state index contributed by atoms with van der Waals surface area (Å²) < 4.78 is 5.29. The van der Waals surface area contributed by atoms with Gasteiger partial charge in [-0.15, -0.1) is 11.3 Å². The Hall–Kier alpha value is -0.670. The van der Waals surface area contributed by atoms with Gasteiger partial charge >= 0.3 is 0 Å². The van der Waals surface area contributed by atoms with E-state index in [-0.39, 0.29) is 11.9 Å². The summed E-state index contributed by atoms with van der Waals surface area (Å²) in [7, 11) is 0. The van der Waals surface area contributed by atoms with Crippen LogP contribution in [0, 0.1) is 0 Å². The maximum atomic E-state index is 11.4. The highest BCUT2D eigenvalue weighted by Crippen LogP contribution is 2.11. The van der Waals surface area contributed by atoms with Gasteiger partial charge in [-0.05, 0) is 25.3 Å². The van der Waals surface area contributed by atoms with Gasteiger partial charge in [-0.1, -0.05) is 6.07 Å². The average molecular weight is 198 g/mol. The highest BCUT2D eigenvalue weighted by Gasteiger charge is 2.06. The van der Waals surface area contributed by atoms with E-state index in [0.717, 1.165) is 4.88 Å². The molecule has 1 aromatic rings. The summed E-state index contributed by atoms with van der Waals surface area (Å²) in [6, 6.07) is 3.74. The molecule has 0 aliphatic rings. The Labute approximate surface area is 82.5 Å². The van der Waals surface area contributed by atoms with Crippen LogP contribution < -0.4 is 0 Å². The van der Waals surface area contributed by atoms with E-state index in [1.54, 1.807) is 0 Å². The van der Waals surface area contributed by atoms with Crippen LogP contribution in [0.3, 0.4) is 0 Å². The van der Waals surface area contributed by atoms with Gasteiger partial charge in [0, 0.05) is 6.42 Å². The van der Waals surface area contributed by atoms with Gasteiger partial charge in [0.15, 0.2) is 5.78 Å². The van der Waals surface area contributed by atoms with Crippen LogP contribution in [0.2, 0.25) is 0 Å². The van der Waals surface area contributed by atoms with E-state index in [9.17, 15) is 4.79 Å². The molecule has 0 unspecified atom stereocenters. The molecule has 0 radical (unpaired) electrons. The van der Waals surface area contributed by atoms with Crippen molar-refractivity contribution in [2.45, 2.75) is 26.4 Å². The molecule has 0 amide bonds. The van der Waals surface area contributed by atoms with Crippen LogP contribution in [-0.4, -0.2) is 18.5 Å². The lowest BCUT2D eigenvalue weighted by Crippen LogP contribution is -2.08. The monoisotopic (exact) mass is 198 g/mol. The fourth-order valence-corrected chi connectivity index (χ4v) is 1.64. The van der Waals surface area contributed by atoms with Crippen LogP contribution in [0.25, 0.3) is 0 Å². The number of carbonyl (C=O) groups is 1. The largest absolute Gasteiger partial charge is 0.378 e. The third-order valence-electron chi connectivity index (χ3n) is 1.58. The van der Waals surface area contributed by atoms with Crippen LogP contribution in [0.5, 0.6) is 0 Å². The summed E-state index contributed by atoms with van der Waals surface area (Å²) in [5.41, 5.74) is 0. The molecule has 2 nitrogen and oxygen atoms in total. The zero-order valence-corrected chi connectivity index (χ0v) is 8.76. The standard InChI is InChI=1S/C10H14O2S/c1-8(2)12-6-5-9(11)10-4-3-7-13-10/h3-4,7-8H,5-6H2,1-2H3. The summed E-state index contributed by atoms with van der Waals surface area (Å²) in [6.07, 6.45) is 0.690.